The maximum absolute atomic E-state index is 11.8. The van der Waals surface area contributed by atoms with Crippen molar-refractivity contribution in [3.63, 3.8) is 0 Å². The van der Waals surface area contributed by atoms with Crippen molar-refractivity contribution < 1.29 is 24.1 Å². The lowest BCUT2D eigenvalue weighted by atomic mass is 9.94. The third kappa shape index (κ3) is 5.56. The second kappa shape index (κ2) is 8.03. The van der Waals surface area contributed by atoms with E-state index >= 15 is 0 Å². The van der Waals surface area contributed by atoms with Crippen LogP contribution in [-0.4, -0.2) is 37.5 Å². The number of carbonyl (C=O) groups is 1. The molecule has 0 saturated heterocycles. The van der Waals surface area contributed by atoms with Gasteiger partial charge in [-0.1, -0.05) is 6.07 Å². The van der Waals surface area contributed by atoms with Crippen LogP contribution >= 0.6 is 0 Å². The smallest absolute Gasteiger partial charge is 0.306 e. The Balaban J connectivity index is 2.74. The quantitative estimate of drug-likeness (QED) is 0.785. The Labute approximate surface area is 132 Å². The van der Waals surface area contributed by atoms with Gasteiger partial charge in [0.05, 0.1) is 14.2 Å². The number of aliphatic hydroxyl groups is 1. The molecule has 0 aliphatic carbocycles. The summed E-state index contributed by atoms with van der Waals surface area (Å²) in [7, 11) is 3.14. The van der Waals surface area contributed by atoms with Gasteiger partial charge in [0.1, 0.15) is 5.60 Å². The molecule has 0 unspecified atom stereocenters. The molecule has 1 atom stereocenters. The molecule has 5 nitrogen and oxygen atoms in total. The number of esters is 1. The monoisotopic (exact) mass is 310 g/mol. The molecule has 1 aromatic rings. The van der Waals surface area contributed by atoms with Crippen LogP contribution in [0.2, 0.25) is 0 Å². The Morgan fingerprint density at radius 2 is 1.82 bits per heavy atom. The highest BCUT2D eigenvalue weighted by atomic mass is 16.6. The highest BCUT2D eigenvalue weighted by molar-refractivity contribution is 5.69. The van der Waals surface area contributed by atoms with Crippen molar-refractivity contribution in [2.24, 2.45) is 0 Å². The number of hydrogen-bond donors (Lipinski definition) is 1. The minimum absolute atomic E-state index is 0.0434. The molecule has 0 amide bonds. The van der Waals surface area contributed by atoms with Crippen LogP contribution in [0, 0.1) is 0 Å². The van der Waals surface area contributed by atoms with E-state index in [1.165, 1.54) is 0 Å². The Morgan fingerprint density at radius 1 is 1.18 bits per heavy atom. The van der Waals surface area contributed by atoms with E-state index in [-0.39, 0.29) is 24.9 Å². The van der Waals surface area contributed by atoms with Crippen molar-refractivity contribution in [3.8, 4) is 11.5 Å². The van der Waals surface area contributed by atoms with Crippen LogP contribution in [0.3, 0.4) is 0 Å². The molecule has 0 saturated carbocycles. The van der Waals surface area contributed by atoms with E-state index in [4.69, 9.17) is 14.2 Å². The molecule has 0 heterocycles. The van der Waals surface area contributed by atoms with Gasteiger partial charge in [0.15, 0.2) is 11.5 Å². The first-order chi connectivity index (χ1) is 10.3. The summed E-state index contributed by atoms with van der Waals surface area (Å²) in [5.74, 6) is 0.838. The van der Waals surface area contributed by atoms with Crippen LogP contribution in [-0.2, 0) is 9.53 Å². The Morgan fingerprint density at radius 3 is 2.32 bits per heavy atom. The van der Waals surface area contributed by atoms with E-state index in [0.717, 1.165) is 5.56 Å². The number of benzene rings is 1. The Kier molecular flexibility index (Phi) is 6.68. The number of hydrogen-bond acceptors (Lipinski definition) is 5. The first kappa shape index (κ1) is 18.3. The van der Waals surface area contributed by atoms with Gasteiger partial charge in [-0.3, -0.25) is 4.79 Å². The van der Waals surface area contributed by atoms with E-state index < -0.39 is 5.60 Å². The standard InChI is InChI=1S/C17H26O5/c1-17(2,3)22-16(19)9-7-13(11-18)12-6-8-14(20-4)15(10-12)21-5/h6,8,10,13,18H,7,9,11H2,1-5H3/t13-/m1/s1. The van der Waals surface area contributed by atoms with Gasteiger partial charge >= 0.3 is 5.97 Å². The Hall–Kier alpha value is -1.75. The third-order valence-corrected chi connectivity index (χ3v) is 3.22. The molecule has 1 N–H and O–H groups in total. The third-order valence-electron chi connectivity index (χ3n) is 3.22. The molecule has 0 aliphatic rings. The van der Waals surface area contributed by atoms with Gasteiger partial charge in [0.2, 0.25) is 0 Å². The van der Waals surface area contributed by atoms with Gasteiger partial charge < -0.3 is 19.3 Å². The molecular weight excluding hydrogens is 284 g/mol. The van der Waals surface area contributed by atoms with Crippen molar-refractivity contribution in [1.82, 2.24) is 0 Å². The number of carbonyl (C=O) groups excluding carboxylic acids is 1. The number of methoxy groups -OCH3 is 2. The summed E-state index contributed by atoms with van der Waals surface area (Å²) in [4.78, 5) is 11.8. The van der Waals surface area contributed by atoms with Gasteiger partial charge in [-0.15, -0.1) is 0 Å². The van der Waals surface area contributed by atoms with Crippen molar-refractivity contribution >= 4 is 5.97 Å². The topological polar surface area (TPSA) is 65.0 Å². The number of rotatable bonds is 7. The molecular formula is C17H26O5. The van der Waals surface area contributed by atoms with Crippen molar-refractivity contribution in [1.29, 1.82) is 0 Å². The maximum Gasteiger partial charge on any atom is 0.306 e. The van der Waals surface area contributed by atoms with E-state index in [1.54, 1.807) is 20.3 Å². The summed E-state index contributed by atoms with van der Waals surface area (Å²) in [5.41, 5.74) is 0.415. The molecule has 0 radical (unpaired) electrons. The maximum atomic E-state index is 11.8. The SMILES string of the molecule is COc1ccc([C@@H](CO)CCC(=O)OC(C)(C)C)cc1OC. The summed E-state index contributed by atoms with van der Waals surface area (Å²) >= 11 is 0. The minimum Gasteiger partial charge on any atom is -0.493 e. The first-order valence-electron chi connectivity index (χ1n) is 7.35. The van der Waals surface area contributed by atoms with Crippen LogP contribution in [0.15, 0.2) is 18.2 Å². The summed E-state index contributed by atoms with van der Waals surface area (Å²) in [6.07, 6.45) is 0.776. The predicted octanol–water partition coefficient (Wildman–Crippen LogP) is 2.90. The fraction of sp³-hybridized carbons (Fsp3) is 0.588. The molecule has 0 fully saturated rings. The van der Waals surface area contributed by atoms with Gasteiger partial charge in [0, 0.05) is 18.9 Å². The van der Waals surface area contributed by atoms with Gasteiger partial charge in [-0.2, -0.15) is 0 Å². The van der Waals surface area contributed by atoms with Gasteiger partial charge in [0.25, 0.3) is 0 Å². The highest BCUT2D eigenvalue weighted by Gasteiger charge is 2.19. The fourth-order valence-electron chi connectivity index (χ4n) is 2.15. The summed E-state index contributed by atoms with van der Waals surface area (Å²) < 4.78 is 15.7. The van der Waals surface area contributed by atoms with Crippen molar-refractivity contribution in [2.75, 3.05) is 20.8 Å². The van der Waals surface area contributed by atoms with Crippen LogP contribution in [0.4, 0.5) is 0 Å². The zero-order valence-electron chi connectivity index (χ0n) is 14.0. The molecule has 5 heteroatoms. The van der Waals surface area contributed by atoms with E-state index in [9.17, 15) is 9.90 Å². The van der Waals surface area contributed by atoms with Crippen LogP contribution in [0.25, 0.3) is 0 Å². The van der Waals surface area contributed by atoms with E-state index in [0.29, 0.717) is 17.9 Å². The van der Waals surface area contributed by atoms with Crippen molar-refractivity contribution in [3.05, 3.63) is 23.8 Å². The molecule has 0 spiro atoms. The highest BCUT2D eigenvalue weighted by Crippen LogP contribution is 2.32. The lowest BCUT2D eigenvalue weighted by Gasteiger charge is -2.21. The predicted molar refractivity (Wildman–Crippen MR) is 84.5 cm³/mol. The molecule has 0 bridgehead atoms. The largest absolute Gasteiger partial charge is 0.493 e. The molecule has 0 aromatic heterocycles. The summed E-state index contributed by atoms with van der Waals surface area (Å²) in [5, 5.41) is 9.59. The van der Waals surface area contributed by atoms with E-state index in [1.807, 2.05) is 32.9 Å². The summed E-state index contributed by atoms with van der Waals surface area (Å²) in [6.45, 7) is 5.46. The van der Waals surface area contributed by atoms with Crippen LogP contribution < -0.4 is 9.47 Å². The normalized spacial score (nSPS) is 12.6. The van der Waals surface area contributed by atoms with Crippen LogP contribution in [0.5, 0.6) is 11.5 Å². The lowest BCUT2D eigenvalue weighted by Crippen LogP contribution is -2.24. The minimum atomic E-state index is -0.491. The zero-order valence-corrected chi connectivity index (χ0v) is 14.0. The molecule has 0 aliphatic heterocycles. The molecule has 124 valence electrons. The van der Waals surface area contributed by atoms with E-state index in [2.05, 4.69) is 0 Å². The van der Waals surface area contributed by atoms with Gasteiger partial charge in [-0.05, 0) is 44.9 Å². The second-order valence-electron chi connectivity index (χ2n) is 6.12. The molecule has 22 heavy (non-hydrogen) atoms. The number of ether oxygens (including phenoxy) is 3. The average Bonchev–Trinajstić information content (AvgIpc) is 2.45. The fourth-order valence-corrected chi connectivity index (χ4v) is 2.15. The average molecular weight is 310 g/mol. The molecule has 1 rings (SSSR count). The Bertz CT molecular complexity index is 490. The summed E-state index contributed by atoms with van der Waals surface area (Å²) in [6, 6.07) is 5.50. The zero-order chi connectivity index (χ0) is 16.8. The molecule has 1 aromatic carbocycles. The lowest BCUT2D eigenvalue weighted by molar-refractivity contribution is -0.155. The van der Waals surface area contributed by atoms with Crippen molar-refractivity contribution in [2.45, 2.75) is 45.1 Å². The first-order valence-corrected chi connectivity index (χ1v) is 7.35. The van der Waals surface area contributed by atoms with Gasteiger partial charge in [-0.25, -0.2) is 0 Å². The number of aliphatic hydroxyl groups excluding tert-OH is 1. The second-order valence-corrected chi connectivity index (χ2v) is 6.12. The van der Waals surface area contributed by atoms with Crippen LogP contribution in [0.1, 0.15) is 45.1 Å².